The van der Waals surface area contributed by atoms with Gasteiger partial charge in [-0.3, -0.25) is 14.6 Å². The summed E-state index contributed by atoms with van der Waals surface area (Å²) in [5, 5.41) is 8.96. The van der Waals surface area contributed by atoms with Crippen LogP contribution in [0.5, 0.6) is 11.5 Å². The number of carbonyl (C=O) groups is 2. The smallest absolute Gasteiger partial charge is 0.251 e. The summed E-state index contributed by atoms with van der Waals surface area (Å²) in [5.74, 6) is 1.15. The Labute approximate surface area is 182 Å². The number of nitrogens with one attached hydrogen (secondary N) is 3. The Morgan fingerprint density at radius 1 is 0.935 bits per heavy atom. The third kappa shape index (κ3) is 7.54. The van der Waals surface area contributed by atoms with E-state index in [0.29, 0.717) is 36.1 Å². The predicted octanol–water partition coefficient (Wildman–Crippen LogP) is 0.827. The van der Waals surface area contributed by atoms with Crippen LogP contribution in [-0.2, 0) is 17.8 Å². The van der Waals surface area contributed by atoms with Crippen LogP contribution in [0.15, 0.2) is 47.5 Å². The van der Waals surface area contributed by atoms with Crippen LogP contribution in [0.3, 0.4) is 0 Å². The van der Waals surface area contributed by atoms with Crippen molar-refractivity contribution >= 4 is 17.8 Å². The van der Waals surface area contributed by atoms with Crippen LogP contribution >= 0.6 is 0 Å². The Balaban J connectivity index is 1.80. The Bertz CT molecular complexity index is 913. The zero-order chi connectivity index (χ0) is 22.6. The lowest BCUT2D eigenvalue weighted by molar-refractivity contribution is -0.117. The molecule has 0 radical (unpaired) electrons. The lowest BCUT2D eigenvalue weighted by atomic mass is 10.1. The first-order chi connectivity index (χ1) is 15.0. The Kier molecular flexibility index (Phi) is 9.15. The number of ether oxygens (including phenoxy) is 2. The molecule has 0 heterocycles. The molecule has 0 saturated carbocycles. The van der Waals surface area contributed by atoms with Crippen molar-refractivity contribution in [1.82, 2.24) is 16.0 Å². The van der Waals surface area contributed by atoms with E-state index >= 15 is 0 Å². The van der Waals surface area contributed by atoms with Crippen molar-refractivity contribution in [3.05, 3.63) is 59.2 Å². The van der Waals surface area contributed by atoms with Gasteiger partial charge in [0.15, 0.2) is 17.5 Å². The number of methoxy groups -OCH3 is 2. The number of primary amides is 1. The molecule has 2 aromatic carbocycles. The second-order valence-corrected chi connectivity index (χ2v) is 6.64. The van der Waals surface area contributed by atoms with E-state index in [1.807, 2.05) is 30.3 Å². The zero-order valence-electron chi connectivity index (χ0n) is 18.0. The minimum atomic E-state index is -0.584. The summed E-state index contributed by atoms with van der Waals surface area (Å²) in [5.41, 5.74) is 7.58. The number of nitrogens with two attached hydrogens (primary N) is 1. The van der Waals surface area contributed by atoms with Crippen LogP contribution in [0, 0.1) is 0 Å². The monoisotopic (exact) mass is 427 g/mol. The Morgan fingerprint density at radius 3 is 2.23 bits per heavy atom. The van der Waals surface area contributed by atoms with Crippen LogP contribution in [0.1, 0.15) is 21.5 Å². The van der Waals surface area contributed by atoms with Gasteiger partial charge in [-0.2, -0.15) is 0 Å². The van der Waals surface area contributed by atoms with Crippen LogP contribution in [0.4, 0.5) is 0 Å². The van der Waals surface area contributed by atoms with Crippen molar-refractivity contribution in [2.75, 3.05) is 34.4 Å². The minimum absolute atomic E-state index is 0.187. The lowest BCUT2D eigenvalue weighted by Crippen LogP contribution is -2.37. The normalized spacial score (nSPS) is 10.9. The van der Waals surface area contributed by atoms with E-state index in [2.05, 4.69) is 20.9 Å². The average Bonchev–Trinajstić information content (AvgIpc) is 2.79. The van der Waals surface area contributed by atoms with Crippen molar-refractivity contribution in [3.63, 3.8) is 0 Å². The molecule has 0 bridgehead atoms. The SMILES string of the molecule is CN=C(NCCc1ccc(OC)c(OC)c1)NCc1ccc(C(=O)NCC(N)=O)cc1. The zero-order valence-corrected chi connectivity index (χ0v) is 18.0. The molecule has 9 nitrogen and oxygen atoms in total. The summed E-state index contributed by atoms with van der Waals surface area (Å²) in [6.45, 7) is 1.04. The minimum Gasteiger partial charge on any atom is -0.493 e. The highest BCUT2D eigenvalue weighted by Crippen LogP contribution is 2.27. The van der Waals surface area contributed by atoms with Gasteiger partial charge in [-0.05, 0) is 41.8 Å². The van der Waals surface area contributed by atoms with Crippen LogP contribution < -0.4 is 31.2 Å². The van der Waals surface area contributed by atoms with E-state index in [1.165, 1.54) is 0 Å². The number of guanidine groups is 1. The van der Waals surface area contributed by atoms with Crippen molar-refractivity contribution in [1.29, 1.82) is 0 Å². The van der Waals surface area contributed by atoms with E-state index < -0.39 is 5.91 Å². The number of aliphatic imine (C=N–C) groups is 1. The largest absolute Gasteiger partial charge is 0.493 e. The molecule has 0 unspecified atom stereocenters. The first-order valence-corrected chi connectivity index (χ1v) is 9.77. The molecule has 0 aliphatic rings. The van der Waals surface area contributed by atoms with Crippen molar-refractivity contribution in [2.45, 2.75) is 13.0 Å². The number of rotatable bonds is 10. The molecule has 5 N–H and O–H groups in total. The van der Waals surface area contributed by atoms with Gasteiger partial charge in [0, 0.05) is 25.7 Å². The van der Waals surface area contributed by atoms with Crippen LogP contribution in [-0.4, -0.2) is 52.1 Å². The maximum absolute atomic E-state index is 11.9. The van der Waals surface area contributed by atoms with Gasteiger partial charge in [-0.25, -0.2) is 0 Å². The van der Waals surface area contributed by atoms with Gasteiger partial charge in [0.1, 0.15) is 0 Å². The Morgan fingerprint density at radius 2 is 1.61 bits per heavy atom. The molecule has 2 aromatic rings. The Hall–Kier alpha value is -3.75. The van der Waals surface area contributed by atoms with E-state index in [4.69, 9.17) is 15.2 Å². The predicted molar refractivity (Wildman–Crippen MR) is 119 cm³/mol. The van der Waals surface area contributed by atoms with E-state index in [-0.39, 0.29) is 12.5 Å². The highest BCUT2D eigenvalue weighted by Gasteiger charge is 2.07. The standard InChI is InChI=1S/C22H29N5O4/c1-24-22(25-11-10-15-6-9-18(30-2)19(12-15)31-3)27-13-16-4-7-17(8-5-16)21(29)26-14-20(23)28/h4-9,12H,10-11,13-14H2,1-3H3,(H2,23,28)(H,26,29)(H2,24,25,27). The summed E-state index contributed by atoms with van der Waals surface area (Å²) in [6.07, 6.45) is 0.788. The molecule has 0 atom stereocenters. The van der Waals surface area contributed by atoms with Crippen LogP contribution in [0.2, 0.25) is 0 Å². The first-order valence-electron chi connectivity index (χ1n) is 9.77. The highest BCUT2D eigenvalue weighted by molar-refractivity contribution is 5.96. The molecule has 9 heteroatoms. The third-order valence-corrected chi connectivity index (χ3v) is 4.48. The third-order valence-electron chi connectivity index (χ3n) is 4.48. The molecule has 0 spiro atoms. The first kappa shape index (κ1) is 23.5. The van der Waals surface area contributed by atoms with Crippen molar-refractivity contribution in [2.24, 2.45) is 10.7 Å². The van der Waals surface area contributed by atoms with E-state index in [9.17, 15) is 9.59 Å². The van der Waals surface area contributed by atoms with Crippen LogP contribution in [0.25, 0.3) is 0 Å². The summed E-state index contributed by atoms with van der Waals surface area (Å²) in [7, 11) is 4.94. The fraction of sp³-hybridized carbons (Fsp3) is 0.318. The quantitative estimate of drug-likeness (QED) is 0.329. The molecule has 2 rings (SSSR count). The molecule has 0 aromatic heterocycles. The summed E-state index contributed by atoms with van der Waals surface area (Å²) >= 11 is 0. The van der Waals surface area contributed by atoms with Gasteiger partial charge in [-0.1, -0.05) is 18.2 Å². The van der Waals surface area contributed by atoms with E-state index in [0.717, 1.165) is 17.5 Å². The highest BCUT2D eigenvalue weighted by atomic mass is 16.5. The van der Waals surface area contributed by atoms with Crippen molar-refractivity contribution < 1.29 is 19.1 Å². The molecule has 0 aliphatic carbocycles. The van der Waals surface area contributed by atoms with Gasteiger partial charge >= 0.3 is 0 Å². The summed E-state index contributed by atoms with van der Waals surface area (Å²) < 4.78 is 10.6. The van der Waals surface area contributed by atoms with E-state index in [1.54, 1.807) is 33.4 Å². The van der Waals surface area contributed by atoms with Gasteiger partial charge in [-0.15, -0.1) is 0 Å². The number of hydrogen-bond acceptors (Lipinski definition) is 5. The van der Waals surface area contributed by atoms with Gasteiger partial charge in [0.2, 0.25) is 5.91 Å². The summed E-state index contributed by atoms with van der Waals surface area (Å²) in [4.78, 5) is 26.9. The molecule has 166 valence electrons. The molecule has 0 saturated heterocycles. The average molecular weight is 428 g/mol. The topological polar surface area (TPSA) is 127 Å². The fourth-order valence-electron chi connectivity index (χ4n) is 2.81. The van der Waals surface area contributed by atoms with Crippen molar-refractivity contribution in [3.8, 4) is 11.5 Å². The number of amides is 2. The number of hydrogen-bond donors (Lipinski definition) is 4. The maximum atomic E-state index is 11.9. The molecule has 31 heavy (non-hydrogen) atoms. The molecular weight excluding hydrogens is 398 g/mol. The number of carbonyl (C=O) groups excluding carboxylic acids is 2. The molecule has 0 fully saturated rings. The lowest BCUT2D eigenvalue weighted by Gasteiger charge is -2.13. The van der Waals surface area contributed by atoms with Gasteiger partial charge < -0.3 is 31.2 Å². The fourth-order valence-corrected chi connectivity index (χ4v) is 2.81. The summed E-state index contributed by atoms with van der Waals surface area (Å²) in [6, 6.07) is 12.9. The number of benzene rings is 2. The molecule has 2 amide bonds. The second kappa shape index (κ2) is 12.1. The number of nitrogens with zero attached hydrogens (tertiary/aromatic N) is 1. The van der Waals surface area contributed by atoms with Gasteiger partial charge in [0.05, 0.1) is 20.8 Å². The van der Waals surface area contributed by atoms with Gasteiger partial charge in [0.25, 0.3) is 5.91 Å². The molecular formula is C22H29N5O4. The maximum Gasteiger partial charge on any atom is 0.251 e. The second-order valence-electron chi connectivity index (χ2n) is 6.64. The molecule has 0 aliphatic heterocycles.